The predicted octanol–water partition coefficient (Wildman–Crippen LogP) is 3.85. The minimum atomic E-state index is 0.0979. The van der Waals surface area contributed by atoms with E-state index in [-0.39, 0.29) is 11.8 Å². The first kappa shape index (κ1) is 24.3. The topological polar surface area (TPSA) is 67.7 Å². The summed E-state index contributed by atoms with van der Waals surface area (Å²) in [6, 6.07) is 8.57. The Hall–Kier alpha value is -2.83. The smallest absolute Gasteiger partial charge is 0.224 e. The Bertz CT molecular complexity index is 957. The van der Waals surface area contributed by atoms with Gasteiger partial charge in [-0.2, -0.15) is 0 Å². The summed E-state index contributed by atoms with van der Waals surface area (Å²) in [7, 11) is 0. The van der Waals surface area contributed by atoms with Gasteiger partial charge >= 0.3 is 0 Å². The molecule has 184 valence electrons. The third-order valence-corrected chi connectivity index (χ3v) is 7.10. The van der Waals surface area contributed by atoms with Crippen molar-refractivity contribution in [1.29, 1.82) is 0 Å². The number of nitrogens with zero attached hydrogens (tertiary/aromatic N) is 4. The molecular weight excluding hydrogens is 428 g/mol. The number of rotatable bonds is 4. The van der Waals surface area contributed by atoms with Crippen LogP contribution in [0.25, 0.3) is 0 Å². The number of imidazole rings is 1. The second-order valence-electron chi connectivity index (χ2n) is 9.40. The van der Waals surface area contributed by atoms with Gasteiger partial charge in [0, 0.05) is 57.3 Å². The average molecular weight is 467 g/mol. The SMILES string of the molecule is CCc1nccn1CCC(=O)N1CCCC(=O)N2CCCCC2CCc2cccc(c2)OCC1. The number of carbonyl (C=O) groups is 2. The fourth-order valence-corrected chi connectivity index (χ4v) is 5.18. The van der Waals surface area contributed by atoms with Gasteiger partial charge in [-0.15, -0.1) is 0 Å². The molecule has 1 fully saturated rings. The van der Waals surface area contributed by atoms with Crippen LogP contribution in [-0.4, -0.2) is 63.4 Å². The number of benzene rings is 1. The van der Waals surface area contributed by atoms with Crippen LogP contribution in [0, 0.1) is 0 Å². The fourth-order valence-electron chi connectivity index (χ4n) is 5.18. The maximum Gasteiger partial charge on any atom is 0.224 e. The third-order valence-electron chi connectivity index (χ3n) is 7.10. The molecule has 1 aromatic carbocycles. The molecule has 2 bridgehead atoms. The zero-order valence-electron chi connectivity index (χ0n) is 20.5. The van der Waals surface area contributed by atoms with Crippen LogP contribution in [0.1, 0.15) is 63.3 Å². The van der Waals surface area contributed by atoms with E-state index in [9.17, 15) is 9.59 Å². The maximum absolute atomic E-state index is 13.1. The van der Waals surface area contributed by atoms with Gasteiger partial charge in [-0.3, -0.25) is 9.59 Å². The number of amides is 2. The standard InChI is InChI=1S/C27H38N4O3/c1-2-25-28-14-18-29(25)17-13-26(32)30-15-6-10-27(33)31-16-4-3-8-23(31)12-11-22-7-5-9-24(21-22)34-20-19-30/h5,7,9,14,18,21,23H,2-4,6,8,10-13,15-17,19-20H2,1H3. The molecule has 3 heterocycles. The summed E-state index contributed by atoms with van der Waals surface area (Å²) in [6.45, 7) is 5.10. The van der Waals surface area contributed by atoms with E-state index >= 15 is 0 Å². The molecule has 0 spiro atoms. The number of aryl methyl sites for hydroxylation is 3. The van der Waals surface area contributed by atoms with Crippen LogP contribution in [0.3, 0.4) is 0 Å². The summed E-state index contributed by atoms with van der Waals surface area (Å²) in [4.78, 5) is 34.5. The van der Waals surface area contributed by atoms with Crippen LogP contribution in [0.2, 0.25) is 0 Å². The van der Waals surface area contributed by atoms with Crippen molar-refractivity contribution in [2.75, 3.05) is 26.2 Å². The molecule has 2 aromatic rings. The Morgan fingerprint density at radius 1 is 1.12 bits per heavy atom. The molecule has 0 radical (unpaired) electrons. The summed E-state index contributed by atoms with van der Waals surface area (Å²) in [6.07, 6.45) is 11.5. The zero-order chi connectivity index (χ0) is 23.8. The van der Waals surface area contributed by atoms with Crippen molar-refractivity contribution in [1.82, 2.24) is 19.4 Å². The highest BCUT2D eigenvalue weighted by Gasteiger charge is 2.26. The quantitative estimate of drug-likeness (QED) is 0.686. The highest BCUT2D eigenvalue weighted by Crippen LogP contribution is 2.24. The van der Waals surface area contributed by atoms with Gasteiger partial charge in [-0.05, 0) is 56.2 Å². The molecule has 1 atom stereocenters. The van der Waals surface area contributed by atoms with Crippen LogP contribution in [0.4, 0.5) is 0 Å². The lowest BCUT2D eigenvalue weighted by atomic mass is 9.95. The lowest BCUT2D eigenvalue weighted by molar-refractivity contribution is -0.136. The molecule has 0 aliphatic carbocycles. The van der Waals surface area contributed by atoms with Gasteiger partial charge in [-0.1, -0.05) is 19.1 Å². The van der Waals surface area contributed by atoms with Gasteiger partial charge in [0.25, 0.3) is 0 Å². The Balaban J connectivity index is 1.44. The predicted molar refractivity (Wildman–Crippen MR) is 132 cm³/mol. The van der Waals surface area contributed by atoms with E-state index in [4.69, 9.17) is 4.74 Å². The molecule has 34 heavy (non-hydrogen) atoms. The van der Waals surface area contributed by atoms with Gasteiger partial charge in [0.1, 0.15) is 18.2 Å². The number of aromatic nitrogens is 2. The van der Waals surface area contributed by atoms with E-state index in [1.54, 1.807) is 6.20 Å². The zero-order valence-corrected chi connectivity index (χ0v) is 20.5. The third kappa shape index (κ3) is 6.39. The lowest BCUT2D eigenvalue weighted by Gasteiger charge is -2.36. The van der Waals surface area contributed by atoms with Gasteiger partial charge in [0.05, 0.1) is 6.54 Å². The minimum absolute atomic E-state index is 0.0979. The van der Waals surface area contributed by atoms with Crippen molar-refractivity contribution in [2.24, 2.45) is 0 Å². The van der Waals surface area contributed by atoms with E-state index in [0.29, 0.717) is 51.5 Å². The summed E-state index contributed by atoms with van der Waals surface area (Å²) in [5.41, 5.74) is 1.24. The molecule has 1 saturated heterocycles. The number of ether oxygens (including phenoxy) is 1. The van der Waals surface area contributed by atoms with Crippen molar-refractivity contribution < 1.29 is 14.3 Å². The van der Waals surface area contributed by atoms with Gasteiger partial charge in [0.2, 0.25) is 11.8 Å². The van der Waals surface area contributed by atoms with Crippen molar-refractivity contribution in [3.8, 4) is 5.75 Å². The summed E-state index contributed by atoms with van der Waals surface area (Å²) in [5, 5.41) is 0. The molecule has 2 amide bonds. The van der Waals surface area contributed by atoms with Crippen molar-refractivity contribution in [3.63, 3.8) is 0 Å². The highest BCUT2D eigenvalue weighted by molar-refractivity contribution is 5.77. The van der Waals surface area contributed by atoms with Crippen LogP contribution >= 0.6 is 0 Å². The molecule has 1 aromatic heterocycles. The Morgan fingerprint density at radius 3 is 2.91 bits per heavy atom. The molecule has 7 heteroatoms. The molecular formula is C27H38N4O3. The Morgan fingerprint density at radius 2 is 2.03 bits per heavy atom. The molecule has 0 saturated carbocycles. The summed E-state index contributed by atoms with van der Waals surface area (Å²) >= 11 is 0. The number of carbonyl (C=O) groups excluding carboxylic acids is 2. The van der Waals surface area contributed by atoms with E-state index in [1.807, 2.05) is 27.8 Å². The van der Waals surface area contributed by atoms with E-state index in [2.05, 4.69) is 28.9 Å². The maximum atomic E-state index is 13.1. The number of fused-ring (bicyclic) bond motifs is 3. The van der Waals surface area contributed by atoms with Crippen LogP contribution in [-0.2, 0) is 29.0 Å². The van der Waals surface area contributed by atoms with E-state index < -0.39 is 0 Å². The van der Waals surface area contributed by atoms with Crippen LogP contribution in [0.15, 0.2) is 36.7 Å². The average Bonchev–Trinajstić information content (AvgIpc) is 3.32. The first-order valence-corrected chi connectivity index (χ1v) is 12.9. The minimum Gasteiger partial charge on any atom is -0.492 e. The van der Waals surface area contributed by atoms with Gasteiger partial charge in [0.15, 0.2) is 0 Å². The number of hydrogen-bond donors (Lipinski definition) is 0. The molecule has 7 nitrogen and oxygen atoms in total. The number of piperidine rings is 1. The van der Waals surface area contributed by atoms with Crippen LogP contribution in [0.5, 0.6) is 5.75 Å². The van der Waals surface area contributed by atoms with E-state index in [1.165, 1.54) is 12.0 Å². The Kier molecular flexibility index (Phi) is 8.61. The van der Waals surface area contributed by atoms with Crippen molar-refractivity contribution >= 4 is 11.8 Å². The van der Waals surface area contributed by atoms with E-state index in [0.717, 1.165) is 50.2 Å². The second kappa shape index (κ2) is 12.0. The van der Waals surface area contributed by atoms with Crippen molar-refractivity contribution in [3.05, 3.63) is 48.0 Å². The summed E-state index contributed by atoms with van der Waals surface area (Å²) in [5.74, 6) is 2.18. The van der Waals surface area contributed by atoms with Crippen LogP contribution < -0.4 is 4.74 Å². The van der Waals surface area contributed by atoms with Crippen molar-refractivity contribution in [2.45, 2.75) is 77.3 Å². The molecule has 0 N–H and O–H groups in total. The Labute approximate surface area is 203 Å². The normalized spacial score (nSPS) is 20.1. The molecule has 1 unspecified atom stereocenters. The first-order chi connectivity index (χ1) is 16.6. The summed E-state index contributed by atoms with van der Waals surface area (Å²) < 4.78 is 8.08. The molecule has 2 aliphatic rings. The lowest BCUT2D eigenvalue weighted by Crippen LogP contribution is -2.44. The second-order valence-corrected chi connectivity index (χ2v) is 9.40. The monoisotopic (exact) mass is 466 g/mol. The largest absolute Gasteiger partial charge is 0.492 e. The fraction of sp³-hybridized carbons (Fsp3) is 0.593. The number of hydrogen-bond acceptors (Lipinski definition) is 4. The van der Waals surface area contributed by atoms with Gasteiger partial charge < -0.3 is 19.1 Å². The first-order valence-electron chi connectivity index (χ1n) is 12.9. The molecule has 2 aliphatic heterocycles. The molecule has 4 rings (SSSR count). The van der Waals surface area contributed by atoms with Gasteiger partial charge in [-0.25, -0.2) is 4.98 Å². The highest BCUT2D eigenvalue weighted by atomic mass is 16.5.